The van der Waals surface area contributed by atoms with Crippen molar-refractivity contribution in [3.8, 4) is 0 Å². The van der Waals surface area contributed by atoms with Crippen molar-refractivity contribution < 1.29 is 0 Å². The summed E-state index contributed by atoms with van der Waals surface area (Å²) in [6.45, 7) is 7.23. The summed E-state index contributed by atoms with van der Waals surface area (Å²) in [6, 6.07) is 4.30. The van der Waals surface area contributed by atoms with Gasteiger partial charge in [-0.2, -0.15) is 0 Å². The van der Waals surface area contributed by atoms with Crippen molar-refractivity contribution in [2.45, 2.75) is 33.2 Å². The van der Waals surface area contributed by atoms with Crippen LogP contribution in [-0.4, -0.2) is 17.0 Å². The van der Waals surface area contributed by atoms with Crippen LogP contribution in [-0.2, 0) is 6.54 Å². The van der Waals surface area contributed by atoms with Gasteiger partial charge >= 0.3 is 0 Å². The molecule has 0 saturated carbocycles. The van der Waals surface area contributed by atoms with Crippen LogP contribution in [0.3, 0.4) is 0 Å². The molecule has 2 N–H and O–H groups in total. The Hall–Kier alpha value is -1.62. The lowest BCUT2D eigenvalue weighted by atomic mass is 10.0. The molecule has 0 atom stereocenters. The molecule has 2 aromatic heterocycles. The monoisotopic (exact) mass is 276 g/mol. The van der Waals surface area contributed by atoms with Crippen LogP contribution in [0.1, 0.15) is 35.1 Å². The van der Waals surface area contributed by atoms with E-state index in [1.54, 1.807) is 6.33 Å². The van der Waals surface area contributed by atoms with E-state index < -0.39 is 0 Å². The van der Waals surface area contributed by atoms with Crippen LogP contribution >= 0.6 is 11.3 Å². The summed E-state index contributed by atoms with van der Waals surface area (Å²) >= 11 is 1.81. The Bertz CT molecular complexity index is 548. The normalized spacial score (nSPS) is 10.8. The Morgan fingerprint density at radius 3 is 2.53 bits per heavy atom. The van der Waals surface area contributed by atoms with Gasteiger partial charge in [0.05, 0.1) is 6.54 Å². The van der Waals surface area contributed by atoms with E-state index in [4.69, 9.17) is 0 Å². The number of rotatable bonds is 5. The first-order valence-electron chi connectivity index (χ1n) is 6.43. The van der Waals surface area contributed by atoms with Crippen molar-refractivity contribution in [3.63, 3.8) is 0 Å². The summed E-state index contributed by atoms with van der Waals surface area (Å²) in [5, 5.41) is 6.55. The fourth-order valence-electron chi connectivity index (χ4n) is 2.03. The minimum absolute atomic E-state index is 0.372. The highest BCUT2D eigenvalue weighted by molar-refractivity contribution is 7.11. The van der Waals surface area contributed by atoms with Crippen LogP contribution in [0.5, 0.6) is 0 Å². The second-order valence-electron chi connectivity index (χ2n) is 4.76. The maximum absolute atomic E-state index is 4.37. The number of anilines is 2. The van der Waals surface area contributed by atoms with E-state index in [0.717, 1.165) is 23.7 Å². The number of aryl methyl sites for hydroxylation is 1. The molecule has 4 nitrogen and oxygen atoms in total. The van der Waals surface area contributed by atoms with E-state index in [-0.39, 0.29) is 0 Å². The highest BCUT2D eigenvalue weighted by atomic mass is 32.1. The van der Waals surface area contributed by atoms with Gasteiger partial charge in [-0.25, -0.2) is 9.97 Å². The van der Waals surface area contributed by atoms with Gasteiger partial charge in [0.25, 0.3) is 0 Å². The molecule has 0 aliphatic carbocycles. The van der Waals surface area contributed by atoms with E-state index in [1.807, 2.05) is 18.4 Å². The Morgan fingerprint density at radius 1 is 1.21 bits per heavy atom. The molecular formula is C14H20N4S. The predicted octanol–water partition coefficient (Wildman–Crippen LogP) is 3.62. The summed E-state index contributed by atoms with van der Waals surface area (Å²) in [5.41, 5.74) is 1.14. The number of aromatic nitrogens is 2. The average molecular weight is 276 g/mol. The quantitative estimate of drug-likeness (QED) is 0.875. The molecule has 0 spiro atoms. The van der Waals surface area contributed by atoms with Crippen molar-refractivity contribution in [2.75, 3.05) is 17.7 Å². The Morgan fingerprint density at radius 2 is 1.95 bits per heavy atom. The van der Waals surface area contributed by atoms with Gasteiger partial charge in [-0.05, 0) is 25.0 Å². The zero-order valence-electron chi connectivity index (χ0n) is 11.8. The molecule has 0 amide bonds. The third-order valence-corrected chi connectivity index (χ3v) is 3.92. The first-order valence-corrected chi connectivity index (χ1v) is 7.25. The minimum atomic E-state index is 0.372. The molecule has 19 heavy (non-hydrogen) atoms. The van der Waals surface area contributed by atoms with Crippen molar-refractivity contribution in [1.82, 2.24) is 9.97 Å². The number of thiophene rings is 1. The van der Waals surface area contributed by atoms with Gasteiger partial charge in [0.15, 0.2) is 0 Å². The lowest BCUT2D eigenvalue weighted by Crippen LogP contribution is -2.09. The van der Waals surface area contributed by atoms with Gasteiger partial charge in [-0.3, -0.25) is 0 Å². The van der Waals surface area contributed by atoms with Crippen molar-refractivity contribution >= 4 is 23.0 Å². The minimum Gasteiger partial charge on any atom is -0.373 e. The summed E-state index contributed by atoms with van der Waals surface area (Å²) in [6.07, 6.45) is 1.60. The van der Waals surface area contributed by atoms with Crippen LogP contribution in [0.15, 0.2) is 18.5 Å². The largest absolute Gasteiger partial charge is 0.373 e. The van der Waals surface area contributed by atoms with E-state index in [0.29, 0.717) is 5.92 Å². The van der Waals surface area contributed by atoms with Gasteiger partial charge in [0.1, 0.15) is 18.0 Å². The molecule has 102 valence electrons. The predicted molar refractivity (Wildman–Crippen MR) is 82.1 cm³/mol. The number of hydrogen-bond acceptors (Lipinski definition) is 5. The fraction of sp³-hybridized carbons (Fsp3) is 0.429. The van der Waals surface area contributed by atoms with E-state index in [9.17, 15) is 0 Å². The molecule has 0 aliphatic heterocycles. The smallest absolute Gasteiger partial charge is 0.135 e. The topological polar surface area (TPSA) is 49.8 Å². The molecule has 0 saturated heterocycles. The Balaban J connectivity index is 2.19. The number of nitrogens with one attached hydrogen (secondary N) is 2. The van der Waals surface area contributed by atoms with Crippen LogP contribution in [0.2, 0.25) is 0 Å². The second-order valence-corrected chi connectivity index (χ2v) is 6.13. The zero-order valence-corrected chi connectivity index (χ0v) is 12.6. The lowest BCUT2D eigenvalue weighted by molar-refractivity contribution is 0.847. The second kappa shape index (κ2) is 6.02. The summed E-state index contributed by atoms with van der Waals surface area (Å²) in [5.74, 6) is 2.19. The van der Waals surface area contributed by atoms with Crippen LogP contribution in [0, 0.1) is 6.92 Å². The molecule has 5 heteroatoms. The van der Waals surface area contributed by atoms with E-state index in [2.05, 4.69) is 53.5 Å². The van der Waals surface area contributed by atoms with Gasteiger partial charge in [-0.1, -0.05) is 13.8 Å². The molecule has 2 heterocycles. The first-order chi connectivity index (χ1) is 9.11. The van der Waals surface area contributed by atoms with Gasteiger partial charge in [0, 0.05) is 22.4 Å². The maximum atomic E-state index is 4.37. The number of nitrogens with zero attached hydrogens (tertiary/aromatic N) is 2. The Labute approximate surface area is 118 Å². The zero-order chi connectivity index (χ0) is 13.8. The molecule has 0 unspecified atom stereocenters. The Kier molecular flexibility index (Phi) is 4.37. The third kappa shape index (κ3) is 3.23. The lowest BCUT2D eigenvalue weighted by Gasteiger charge is -2.16. The first kappa shape index (κ1) is 13.8. The molecule has 0 bridgehead atoms. The van der Waals surface area contributed by atoms with Crippen molar-refractivity contribution in [3.05, 3.63) is 33.8 Å². The highest BCUT2D eigenvalue weighted by Crippen LogP contribution is 2.28. The van der Waals surface area contributed by atoms with E-state index in [1.165, 1.54) is 9.75 Å². The summed E-state index contributed by atoms with van der Waals surface area (Å²) in [4.78, 5) is 11.3. The molecule has 0 aromatic carbocycles. The van der Waals surface area contributed by atoms with Gasteiger partial charge in [0.2, 0.25) is 0 Å². The van der Waals surface area contributed by atoms with E-state index >= 15 is 0 Å². The van der Waals surface area contributed by atoms with Crippen LogP contribution < -0.4 is 10.6 Å². The molecule has 2 rings (SSSR count). The van der Waals surface area contributed by atoms with Crippen molar-refractivity contribution in [1.29, 1.82) is 0 Å². The SMILES string of the molecule is CNc1ncnc(NCc2ccc(C)s2)c1C(C)C. The van der Waals surface area contributed by atoms with Gasteiger partial charge < -0.3 is 10.6 Å². The summed E-state index contributed by atoms with van der Waals surface area (Å²) in [7, 11) is 1.89. The van der Waals surface area contributed by atoms with Crippen molar-refractivity contribution in [2.24, 2.45) is 0 Å². The molecule has 0 aliphatic rings. The molecular weight excluding hydrogens is 256 g/mol. The molecule has 0 fully saturated rings. The average Bonchev–Trinajstić information content (AvgIpc) is 2.81. The highest BCUT2D eigenvalue weighted by Gasteiger charge is 2.13. The summed E-state index contributed by atoms with van der Waals surface area (Å²) < 4.78 is 0. The van der Waals surface area contributed by atoms with Gasteiger partial charge in [-0.15, -0.1) is 11.3 Å². The fourth-order valence-corrected chi connectivity index (χ4v) is 2.86. The maximum Gasteiger partial charge on any atom is 0.135 e. The number of hydrogen-bond donors (Lipinski definition) is 2. The molecule has 2 aromatic rings. The molecule has 0 radical (unpaired) electrons. The van der Waals surface area contributed by atoms with Crippen LogP contribution in [0.25, 0.3) is 0 Å². The standard InChI is InChI=1S/C14H20N4S/c1-9(2)12-13(15-4)17-8-18-14(12)16-7-11-6-5-10(3)19-11/h5-6,8-9H,7H2,1-4H3,(H2,15,16,17,18). The van der Waals surface area contributed by atoms with Crippen LogP contribution in [0.4, 0.5) is 11.6 Å². The third-order valence-electron chi connectivity index (χ3n) is 2.92.